The highest BCUT2D eigenvalue weighted by molar-refractivity contribution is 5.93. The molecular weight excluding hydrogens is 212 g/mol. The van der Waals surface area contributed by atoms with Crippen molar-refractivity contribution in [3.63, 3.8) is 0 Å². The van der Waals surface area contributed by atoms with Crippen molar-refractivity contribution in [2.75, 3.05) is 25.5 Å². The van der Waals surface area contributed by atoms with Crippen LogP contribution in [0.3, 0.4) is 0 Å². The Morgan fingerprint density at radius 1 is 1.41 bits per heavy atom. The summed E-state index contributed by atoms with van der Waals surface area (Å²) in [7, 11) is 3.96. The van der Waals surface area contributed by atoms with Crippen LogP contribution in [0.1, 0.15) is 19.3 Å². The lowest BCUT2D eigenvalue weighted by atomic mass is 10.1. The number of benzene rings is 1. The summed E-state index contributed by atoms with van der Waals surface area (Å²) in [6.45, 7) is 1.12. The average molecular weight is 232 g/mol. The number of carbonyl (C=O) groups excluding carboxylic acids is 1. The molecular formula is C14H20N2O. The fourth-order valence-corrected chi connectivity index (χ4v) is 2.37. The second-order valence-electron chi connectivity index (χ2n) is 4.77. The van der Waals surface area contributed by atoms with E-state index >= 15 is 0 Å². The second-order valence-corrected chi connectivity index (χ2v) is 4.77. The molecule has 1 heterocycles. The lowest BCUT2D eigenvalue weighted by Crippen LogP contribution is -2.34. The number of hydrogen-bond acceptors (Lipinski definition) is 2. The van der Waals surface area contributed by atoms with Gasteiger partial charge in [0.1, 0.15) is 0 Å². The lowest BCUT2D eigenvalue weighted by Gasteiger charge is -2.23. The molecule has 1 amide bonds. The molecule has 92 valence electrons. The Morgan fingerprint density at radius 2 is 2.12 bits per heavy atom. The van der Waals surface area contributed by atoms with E-state index in [2.05, 4.69) is 11.9 Å². The van der Waals surface area contributed by atoms with E-state index in [1.165, 1.54) is 6.42 Å². The molecule has 0 radical (unpaired) electrons. The number of carbonyl (C=O) groups is 1. The van der Waals surface area contributed by atoms with E-state index in [4.69, 9.17) is 0 Å². The van der Waals surface area contributed by atoms with E-state index in [0.29, 0.717) is 12.5 Å². The fourth-order valence-electron chi connectivity index (χ4n) is 2.37. The van der Waals surface area contributed by atoms with Crippen LogP contribution in [-0.4, -0.2) is 37.5 Å². The number of likely N-dealkylation sites (tertiary alicyclic amines) is 1. The summed E-state index contributed by atoms with van der Waals surface area (Å²) in [6, 6.07) is 10.2. The molecule has 1 aliphatic heterocycles. The largest absolute Gasteiger partial charge is 0.315 e. The molecule has 0 N–H and O–H groups in total. The maximum atomic E-state index is 12.1. The highest BCUT2D eigenvalue weighted by Crippen LogP contribution is 2.20. The Morgan fingerprint density at radius 3 is 2.71 bits per heavy atom. The zero-order valence-electron chi connectivity index (χ0n) is 10.6. The first-order valence-electron chi connectivity index (χ1n) is 6.20. The number of nitrogens with zero attached hydrogens (tertiary/aromatic N) is 2. The van der Waals surface area contributed by atoms with Gasteiger partial charge in [0.2, 0.25) is 5.91 Å². The van der Waals surface area contributed by atoms with Gasteiger partial charge in [-0.05, 0) is 38.6 Å². The summed E-state index contributed by atoms with van der Waals surface area (Å²) in [5.41, 5.74) is 0.971. The van der Waals surface area contributed by atoms with Crippen LogP contribution in [0, 0.1) is 0 Å². The molecule has 0 bridgehead atoms. The number of anilines is 1. The second kappa shape index (κ2) is 5.32. The number of amides is 1. The summed E-state index contributed by atoms with van der Waals surface area (Å²) >= 11 is 0. The molecule has 1 saturated heterocycles. The topological polar surface area (TPSA) is 23.6 Å². The van der Waals surface area contributed by atoms with Crippen LogP contribution >= 0.6 is 0 Å². The van der Waals surface area contributed by atoms with E-state index in [1.54, 1.807) is 4.90 Å². The van der Waals surface area contributed by atoms with Gasteiger partial charge in [-0.15, -0.1) is 0 Å². The smallest absolute Gasteiger partial charge is 0.228 e. The summed E-state index contributed by atoms with van der Waals surface area (Å²) in [5.74, 6) is 0.204. The Kier molecular flexibility index (Phi) is 3.79. The van der Waals surface area contributed by atoms with Crippen molar-refractivity contribution in [3.05, 3.63) is 30.3 Å². The number of para-hydroxylation sites is 1. The van der Waals surface area contributed by atoms with E-state index < -0.39 is 0 Å². The molecule has 0 spiro atoms. The van der Waals surface area contributed by atoms with Crippen LogP contribution in [0.5, 0.6) is 0 Å². The van der Waals surface area contributed by atoms with Gasteiger partial charge in [-0.3, -0.25) is 4.79 Å². The molecule has 1 aromatic carbocycles. The van der Waals surface area contributed by atoms with E-state index in [-0.39, 0.29) is 5.91 Å². The molecule has 17 heavy (non-hydrogen) atoms. The number of rotatable bonds is 3. The molecule has 3 heteroatoms. The Balaban J connectivity index is 1.96. The maximum Gasteiger partial charge on any atom is 0.228 e. The third kappa shape index (κ3) is 2.86. The van der Waals surface area contributed by atoms with Crippen molar-refractivity contribution in [1.29, 1.82) is 0 Å². The van der Waals surface area contributed by atoms with E-state index in [1.807, 2.05) is 37.4 Å². The van der Waals surface area contributed by atoms with Gasteiger partial charge in [0, 0.05) is 25.2 Å². The Bertz CT molecular complexity index is 377. The Labute approximate surface area is 103 Å². The normalized spacial score (nSPS) is 20.5. The Hall–Kier alpha value is -1.35. The highest BCUT2D eigenvalue weighted by atomic mass is 16.2. The van der Waals surface area contributed by atoms with Crippen molar-refractivity contribution in [3.8, 4) is 0 Å². The monoisotopic (exact) mass is 232 g/mol. The SMILES string of the molecule is CN(C(=O)CC1CCCN1C)c1ccccc1. The minimum Gasteiger partial charge on any atom is -0.315 e. The van der Waals surface area contributed by atoms with Crippen molar-refractivity contribution in [2.45, 2.75) is 25.3 Å². The van der Waals surface area contributed by atoms with Crippen molar-refractivity contribution >= 4 is 11.6 Å². The maximum absolute atomic E-state index is 12.1. The minimum absolute atomic E-state index is 0.204. The first-order valence-corrected chi connectivity index (χ1v) is 6.20. The summed E-state index contributed by atoms with van der Waals surface area (Å²) in [5, 5.41) is 0. The molecule has 1 unspecified atom stereocenters. The zero-order valence-corrected chi connectivity index (χ0v) is 10.6. The third-order valence-electron chi connectivity index (χ3n) is 3.60. The molecule has 0 aliphatic carbocycles. The van der Waals surface area contributed by atoms with Gasteiger partial charge in [0.25, 0.3) is 0 Å². The zero-order chi connectivity index (χ0) is 12.3. The van der Waals surface area contributed by atoms with Crippen LogP contribution in [0.4, 0.5) is 5.69 Å². The van der Waals surface area contributed by atoms with Gasteiger partial charge in [0.15, 0.2) is 0 Å². The number of hydrogen-bond donors (Lipinski definition) is 0. The van der Waals surface area contributed by atoms with Gasteiger partial charge in [-0.1, -0.05) is 18.2 Å². The summed E-state index contributed by atoms with van der Waals surface area (Å²) in [6.07, 6.45) is 2.98. The highest BCUT2D eigenvalue weighted by Gasteiger charge is 2.25. The molecule has 2 rings (SSSR count). The summed E-state index contributed by atoms with van der Waals surface area (Å²) < 4.78 is 0. The van der Waals surface area contributed by atoms with Gasteiger partial charge in [-0.25, -0.2) is 0 Å². The molecule has 1 atom stereocenters. The van der Waals surface area contributed by atoms with Crippen molar-refractivity contribution in [2.24, 2.45) is 0 Å². The predicted octanol–water partition coefficient (Wildman–Crippen LogP) is 2.13. The molecule has 1 aromatic rings. The van der Waals surface area contributed by atoms with Gasteiger partial charge < -0.3 is 9.80 Å². The standard InChI is InChI=1S/C14H20N2O/c1-15-10-6-9-13(15)11-14(17)16(2)12-7-4-3-5-8-12/h3-5,7-8,13H,6,9-11H2,1-2H3. The lowest BCUT2D eigenvalue weighted by molar-refractivity contribution is -0.119. The minimum atomic E-state index is 0.204. The molecule has 1 aliphatic rings. The van der Waals surface area contributed by atoms with Crippen LogP contribution in [0.15, 0.2) is 30.3 Å². The first-order chi connectivity index (χ1) is 8.18. The van der Waals surface area contributed by atoms with Crippen molar-refractivity contribution in [1.82, 2.24) is 4.90 Å². The molecule has 0 saturated carbocycles. The predicted molar refractivity (Wildman–Crippen MR) is 70.1 cm³/mol. The van der Waals surface area contributed by atoms with E-state index in [0.717, 1.165) is 18.7 Å². The van der Waals surface area contributed by atoms with Crippen LogP contribution in [-0.2, 0) is 4.79 Å². The first kappa shape index (κ1) is 12.1. The molecule has 0 aromatic heterocycles. The average Bonchev–Trinajstić information content (AvgIpc) is 2.75. The summed E-state index contributed by atoms with van der Waals surface area (Å²) in [4.78, 5) is 16.2. The van der Waals surface area contributed by atoms with Crippen LogP contribution in [0.25, 0.3) is 0 Å². The molecule has 1 fully saturated rings. The van der Waals surface area contributed by atoms with Gasteiger partial charge in [0.05, 0.1) is 0 Å². The fraction of sp³-hybridized carbons (Fsp3) is 0.500. The van der Waals surface area contributed by atoms with Gasteiger partial charge in [-0.2, -0.15) is 0 Å². The quantitative estimate of drug-likeness (QED) is 0.797. The van der Waals surface area contributed by atoms with Gasteiger partial charge >= 0.3 is 0 Å². The molecule has 3 nitrogen and oxygen atoms in total. The van der Waals surface area contributed by atoms with Crippen molar-refractivity contribution < 1.29 is 4.79 Å². The van der Waals surface area contributed by atoms with Crippen LogP contribution in [0.2, 0.25) is 0 Å². The van der Waals surface area contributed by atoms with E-state index in [9.17, 15) is 4.79 Å². The third-order valence-corrected chi connectivity index (χ3v) is 3.60. The van der Waals surface area contributed by atoms with Crippen LogP contribution < -0.4 is 4.90 Å².